The van der Waals surface area contributed by atoms with Crippen LogP contribution in [0.4, 0.5) is 5.69 Å². The predicted octanol–water partition coefficient (Wildman–Crippen LogP) is 3.74. The number of hydrogen-bond acceptors (Lipinski definition) is 2. The number of halogens is 1. The van der Waals surface area contributed by atoms with Gasteiger partial charge in [0.1, 0.15) is 0 Å². The summed E-state index contributed by atoms with van der Waals surface area (Å²) < 4.78 is 0. The van der Waals surface area contributed by atoms with Gasteiger partial charge in [-0.15, -0.1) is 12.4 Å². The van der Waals surface area contributed by atoms with Crippen LogP contribution in [0.5, 0.6) is 0 Å². The molecule has 1 aromatic rings. The van der Waals surface area contributed by atoms with Crippen LogP contribution >= 0.6 is 12.4 Å². The number of amides is 1. The van der Waals surface area contributed by atoms with Crippen LogP contribution in [0.2, 0.25) is 0 Å². The molecule has 1 fully saturated rings. The molecule has 0 heterocycles. The van der Waals surface area contributed by atoms with Crippen LogP contribution in [0.3, 0.4) is 0 Å². The summed E-state index contributed by atoms with van der Waals surface area (Å²) >= 11 is 0. The summed E-state index contributed by atoms with van der Waals surface area (Å²) in [4.78, 5) is 12.0. The van der Waals surface area contributed by atoms with Gasteiger partial charge in [-0.3, -0.25) is 4.79 Å². The van der Waals surface area contributed by atoms with Gasteiger partial charge in [0.15, 0.2) is 0 Å². The molecule has 1 amide bonds. The van der Waals surface area contributed by atoms with Gasteiger partial charge in [0.05, 0.1) is 0 Å². The number of nitrogens with one attached hydrogen (secondary N) is 2. The Labute approximate surface area is 127 Å². The van der Waals surface area contributed by atoms with Gasteiger partial charge < -0.3 is 10.6 Å². The van der Waals surface area contributed by atoms with Crippen LogP contribution in [0, 0.1) is 5.92 Å². The second-order valence-electron chi connectivity index (χ2n) is 5.42. The number of anilines is 1. The average Bonchev–Trinajstić information content (AvgIpc) is 2.92. The Morgan fingerprint density at radius 3 is 2.65 bits per heavy atom. The highest BCUT2D eigenvalue weighted by Crippen LogP contribution is 2.28. The van der Waals surface area contributed by atoms with E-state index in [1.807, 2.05) is 31.3 Å². The Kier molecular flexibility index (Phi) is 7.63. The lowest BCUT2D eigenvalue weighted by Gasteiger charge is -2.12. The minimum absolute atomic E-state index is 0. The van der Waals surface area contributed by atoms with Crippen molar-refractivity contribution in [2.75, 3.05) is 12.4 Å². The fourth-order valence-electron chi connectivity index (χ4n) is 2.83. The molecule has 20 heavy (non-hydrogen) atoms. The third-order valence-electron chi connectivity index (χ3n) is 3.91. The van der Waals surface area contributed by atoms with Gasteiger partial charge in [0, 0.05) is 18.7 Å². The van der Waals surface area contributed by atoms with E-state index in [0.717, 1.165) is 30.1 Å². The van der Waals surface area contributed by atoms with E-state index in [9.17, 15) is 4.79 Å². The van der Waals surface area contributed by atoms with Crippen molar-refractivity contribution < 1.29 is 4.79 Å². The minimum atomic E-state index is 0. The molecule has 4 heteroatoms. The normalized spacial score (nSPS) is 14.8. The molecule has 1 aliphatic rings. The van der Waals surface area contributed by atoms with E-state index in [-0.39, 0.29) is 18.3 Å². The summed E-state index contributed by atoms with van der Waals surface area (Å²) in [5, 5.41) is 6.16. The number of carbonyl (C=O) groups is 1. The molecule has 112 valence electrons. The van der Waals surface area contributed by atoms with Crippen molar-refractivity contribution in [2.45, 2.75) is 45.1 Å². The Balaban J connectivity index is 0.00000200. The molecular weight excluding hydrogens is 272 g/mol. The summed E-state index contributed by atoms with van der Waals surface area (Å²) in [6.45, 7) is 0.777. The Morgan fingerprint density at radius 2 is 1.95 bits per heavy atom. The van der Waals surface area contributed by atoms with Gasteiger partial charge in [0.25, 0.3) is 0 Å². The van der Waals surface area contributed by atoms with Gasteiger partial charge in [-0.2, -0.15) is 0 Å². The molecule has 0 spiro atoms. The maximum atomic E-state index is 12.0. The van der Waals surface area contributed by atoms with E-state index < -0.39 is 0 Å². The first-order valence-electron chi connectivity index (χ1n) is 7.32. The van der Waals surface area contributed by atoms with Crippen molar-refractivity contribution in [1.29, 1.82) is 0 Å². The van der Waals surface area contributed by atoms with Gasteiger partial charge in [-0.25, -0.2) is 0 Å². The first-order chi connectivity index (χ1) is 9.29. The third kappa shape index (κ3) is 5.14. The van der Waals surface area contributed by atoms with Crippen molar-refractivity contribution in [3.05, 3.63) is 29.8 Å². The number of hydrogen-bond donors (Lipinski definition) is 2. The van der Waals surface area contributed by atoms with Crippen molar-refractivity contribution in [2.24, 2.45) is 5.92 Å². The highest BCUT2D eigenvalue weighted by Gasteiger charge is 2.16. The lowest BCUT2D eigenvalue weighted by molar-refractivity contribution is -0.116. The molecule has 0 saturated heterocycles. The van der Waals surface area contributed by atoms with E-state index in [1.54, 1.807) is 0 Å². The maximum Gasteiger partial charge on any atom is 0.224 e. The van der Waals surface area contributed by atoms with Crippen molar-refractivity contribution in [1.82, 2.24) is 5.32 Å². The predicted molar refractivity (Wildman–Crippen MR) is 86.3 cm³/mol. The third-order valence-corrected chi connectivity index (χ3v) is 3.91. The van der Waals surface area contributed by atoms with Crippen LogP contribution in [0.15, 0.2) is 24.3 Å². The summed E-state index contributed by atoms with van der Waals surface area (Å²) in [5.41, 5.74) is 2.08. The van der Waals surface area contributed by atoms with Gasteiger partial charge in [-0.1, -0.05) is 43.9 Å². The number of rotatable bonds is 6. The molecule has 1 saturated carbocycles. The lowest BCUT2D eigenvalue weighted by Crippen LogP contribution is -2.15. The molecule has 0 bridgehead atoms. The molecule has 0 aliphatic heterocycles. The molecule has 3 nitrogen and oxygen atoms in total. The van der Waals surface area contributed by atoms with Gasteiger partial charge in [-0.05, 0) is 31.0 Å². The van der Waals surface area contributed by atoms with Crippen LogP contribution in [0.1, 0.15) is 44.1 Å². The second kappa shape index (κ2) is 8.98. The number of carbonyl (C=O) groups excluding carboxylic acids is 1. The Morgan fingerprint density at radius 1 is 1.25 bits per heavy atom. The fraction of sp³-hybridized carbons (Fsp3) is 0.562. The van der Waals surface area contributed by atoms with E-state index in [2.05, 4.69) is 10.6 Å². The van der Waals surface area contributed by atoms with Crippen LogP contribution in [-0.2, 0) is 11.3 Å². The van der Waals surface area contributed by atoms with Crippen LogP contribution in [-0.4, -0.2) is 13.0 Å². The Bertz CT molecular complexity index is 417. The minimum Gasteiger partial charge on any atom is -0.326 e. The van der Waals surface area contributed by atoms with Crippen molar-refractivity contribution in [3.63, 3.8) is 0 Å². The van der Waals surface area contributed by atoms with Crippen molar-refractivity contribution >= 4 is 24.0 Å². The maximum absolute atomic E-state index is 12.0. The SMILES string of the molecule is CNCc1ccccc1NC(=O)CCC1CCCC1.Cl. The average molecular weight is 297 g/mol. The molecule has 0 aromatic heterocycles. The van der Waals surface area contributed by atoms with E-state index >= 15 is 0 Å². The lowest BCUT2D eigenvalue weighted by atomic mass is 10.0. The van der Waals surface area contributed by atoms with E-state index in [4.69, 9.17) is 0 Å². The molecule has 0 radical (unpaired) electrons. The highest BCUT2D eigenvalue weighted by molar-refractivity contribution is 5.91. The zero-order valence-corrected chi connectivity index (χ0v) is 13.0. The monoisotopic (exact) mass is 296 g/mol. The van der Waals surface area contributed by atoms with Gasteiger partial charge in [0.2, 0.25) is 5.91 Å². The first kappa shape index (κ1) is 17.0. The van der Waals surface area contributed by atoms with E-state index in [0.29, 0.717) is 6.42 Å². The Hall–Kier alpha value is -1.06. The smallest absolute Gasteiger partial charge is 0.224 e. The second-order valence-corrected chi connectivity index (χ2v) is 5.42. The molecule has 0 unspecified atom stereocenters. The van der Waals surface area contributed by atoms with Crippen LogP contribution in [0.25, 0.3) is 0 Å². The zero-order valence-electron chi connectivity index (χ0n) is 12.2. The summed E-state index contributed by atoms with van der Waals surface area (Å²) in [7, 11) is 1.92. The molecule has 2 rings (SSSR count). The summed E-state index contributed by atoms with van der Waals surface area (Å²) in [6.07, 6.45) is 7.00. The van der Waals surface area contributed by atoms with E-state index in [1.165, 1.54) is 25.7 Å². The molecular formula is C16H25ClN2O. The summed E-state index contributed by atoms with van der Waals surface area (Å²) in [6, 6.07) is 7.98. The van der Waals surface area contributed by atoms with Crippen molar-refractivity contribution in [3.8, 4) is 0 Å². The molecule has 1 aromatic carbocycles. The number of benzene rings is 1. The fourth-order valence-corrected chi connectivity index (χ4v) is 2.83. The topological polar surface area (TPSA) is 41.1 Å². The van der Waals surface area contributed by atoms with Crippen LogP contribution < -0.4 is 10.6 Å². The zero-order chi connectivity index (χ0) is 13.5. The van der Waals surface area contributed by atoms with Gasteiger partial charge >= 0.3 is 0 Å². The highest BCUT2D eigenvalue weighted by atomic mass is 35.5. The summed E-state index contributed by atoms with van der Waals surface area (Å²) in [5.74, 6) is 0.925. The molecule has 2 N–H and O–H groups in total. The molecule has 1 aliphatic carbocycles. The largest absolute Gasteiger partial charge is 0.326 e. The number of para-hydroxylation sites is 1. The standard InChI is InChI=1S/C16H24N2O.ClH/c1-17-12-14-8-4-5-9-15(14)18-16(19)11-10-13-6-2-3-7-13;/h4-5,8-9,13,17H,2-3,6-7,10-12H2,1H3,(H,18,19);1H. The quantitative estimate of drug-likeness (QED) is 0.840. The molecule has 0 atom stereocenters. The first-order valence-corrected chi connectivity index (χ1v) is 7.32.